The van der Waals surface area contributed by atoms with Gasteiger partial charge in [0.25, 0.3) is 11.8 Å². The Labute approximate surface area is 257 Å². The van der Waals surface area contributed by atoms with Crippen molar-refractivity contribution in [1.82, 2.24) is 15.5 Å². The summed E-state index contributed by atoms with van der Waals surface area (Å²) in [6, 6.07) is 20.3. The molecule has 0 bridgehead atoms. The molecule has 41 heavy (non-hydrogen) atoms. The normalized spacial score (nSPS) is 12.5. The van der Waals surface area contributed by atoms with E-state index in [1.54, 1.807) is 12.1 Å². The van der Waals surface area contributed by atoms with Crippen LogP contribution < -0.4 is 10.6 Å². The molecule has 0 spiro atoms. The second-order valence-electron chi connectivity index (χ2n) is 10.5. The number of hydrogen-bond donors (Lipinski definition) is 4. The number of aliphatic hydroxyl groups excluding tert-OH is 2. The summed E-state index contributed by atoms with van der Waals surface area (Å²) in [6.45, 7) is 8.07. The number of hydrogen-bond acceptors (Lipinski definition) is 5. The summed E-state index contributed by atoms with van der Waals surface area (Å²) >= 11 is 2.27. The van der Waals surface area contributed by atoms with E-state index in [4.69, 9.17) is 0 Å². The van der Waals surface area contributed by atoms with Crippen molar-refractivity contribution in [2.75, 3.05) is 19.6 Å². The van der Waals surface area contributed by atoms with Gasteiger partial charge >= 0.3 is 0 Å². The van der Waals surface area contributed by atoms with Gasteiger partial charge in [-0.1, -0.05) is 50.2 Å². The van der Waals surface area contributed by atoms with E-state index < -0.39 is 12.1 Å². The Morgan fingerprint density at radius 2 is 1.56 bits per heavy atom. The molecule has 0 aliphatic rings. The van der Waals surface area contributed by atoms with Gasteiger partial charge in [0, 0.05) is 40.9 Å². The summed E-state index contributed by atoms with van der Waals surface area (Å²) in [5, 5.41) is 27.1. The lowest BCUT2D eigenvalue weighted by molar-refractivity contribution is 0.0755. The van der Waals surface area contributed by atoms with Crippen molar-refractivity contribution < 1.29 is 19.8 Å². The second kappa shape index (κ2) is 16.6. The minimum Gasteiger partial charge on any atom is -0.392 e. The lowest BCUT2D eigenvalue weighted by Crippen LogP contribution is -2.48. The molecule has 0 saturated carbocycles. The Hall–Kier alpha value is -2.79. The van der Waals surface area contributed by atoms with Crippen LogP contribution in [0.2, 0.25) is 0 Å². The molecule has 0 radical (unpaired) electrons. The fourth-order valence-electron chi connectivity index (χ4n) is 4.87. The molecule has 0 unspecified atom stereocenters. The molecule has 7 nitrogen and oxygen atoms in total. The van der Waals surface area contributed by atoms with Crippen LogP contribution in [0, 0.1) is 10.5 Å². The molecule has 220 valence electrons. The maximum absolute atomic E-state index is 13.5. The van der Waals surface area contributed by atoms with E-state index in [0.717, 1.165) is 38.7 Å². The summed E-state index contributed by atoms with van der Waals surface area (Å²) in [6.07, 6.45) is 1.22. The molecule has 0 aromatic heterocycles. The zero-order valence-corrected chi connectivity index (χ0v) is 26.4. The number of nitrogens with one attached hydrogen (secondary N) is 2. The molecule has 0 aliphatic heterocycles. The minimum absolute atomic E-state index is 0.0800. The van der Waals surface area contributed by atoms with E-state index in [1.165, 1.54) is 0 Å². The van der Waals surface area contributed by atoms with E-state index in [-0.39, 0.29) is 25.0 Å². The van der Waals surface area contributed by atoms with Crippen molar-refractivity contribution in [2.45, 2.75) is 65.3 Å². The van der Waals surface area contributed by atoms with Crippen LogP contribution in [-0.4, -0.2) is 58.7 Å². The van der Waals surface area contributed by atoms with Gasteiger partial charge in [0.1, 0.15) is 0 Å². The van der Waals surface area contributed by atoms with Crippen molar-refractivity contribution >= 4 is 34.4 Å². The van der Waals surface area contributed by atoms with Gasteiger partial charge in [0.05, 0.1) is 18.8 Å². The molecule has 3 rings (SSSR count). The molecule has 0 heterocycles. The lowest BCUT2D eigenvalue weighted by Gasteiger charge is -2.26. The first-order valence-electron chi connectivity index (χ1n) is 14.3. The summed E-state index contributed by atoms with van der Waals surface area (Å²) in [5.41, 5.74) is 4.47. The fourth-order valence-corrected chi connectivity index (χ4v) is 5.48. The number of rotatable bonds is 15. The Balaban J connectivity index is 1.79. The quantitative estimate of drug-likeness (QED) is 0.173. The van der Waals surface area contributed by atoms with Crippen molar-refractivity contribution in [3.63, 3.8) is 0 Å². The average molecular weight is 672 g/mol. The molecule has 3 aromatic rings. The third kappa shape index (κ3) is 10.2. The highest BCUT2D eigenvalue weighted by molar-refractivity contribution is 14.1. The molecule has 0 fully saturated rings. The monoisotopic (exact) mass is 671 g/mol. The van der Waals surface area contributed by atoms with Crippen LogP contribution in [0.1, 0.15) is 69.7 Å². The van der Waals surface area contributed by atoms with Crippen LogP contribution in [0.3, 0.4) is 0 Å². The molecule has 2 atom stereocenters. The molecular weight excluding hydrogens is 629 g/mol. The van der Waals surface area contributed by atoms with E-state index in [9.17, 15) is 19.8 Å². The molecule has 3 aromatic carbocycles. The van der Waals surface area contributed by atoms with Crippen molar-refractivity contribution in [3.8, 4) is 0 Å². The lowest BCUT2D eigenvalue weighted by atomic mass is 9.98. The number of carbonyl (C=O) groups is 2. The third-order valence-electron chi connectivity index (χ3n) is 6.84. The maximum Gasteiger partial charge on any atom is 0.253 e. The van der Waals surface area contributed by atoms with Crippen LogP contribution in [0.5, 0.6) is 0 Å². The number of amides is 2. The van der Waals surface area contributed by atoms with Gasteiger partial charge < -0.3 is 25.7 Å². The summed E-state index contributed by atoms with van der Waals surface area (Å²) < 4.78 is 1.14. The van der Waals surface area contributed by atoms with E-state index >= 15 is 0 Å². The molecule has 0 aliphatic carbocycles. The van der Waals surface area contributed by atoms with E-state index in [1.807, 2.05) is 74.2 Å². The molecular formula is C33H42IN3O4. The highest BCUT2D eigenvalue weighted by Gasteiger charge is 2.24. The standard InChI is InChI=1S/C33H42IN3O4/c1-4-12-37(13-5-2)33(41)28-15-23(3)14-27(19-28)32(40)36-30(18-24-8-6-10-26(16-24)22-38)31(39)21-35-20-25-9-7-11-29(34)17-25/h6-11,14-17,19,30-31,35,38-39H,4-5,12-13,18,20-22H2,1-3H3,(H,36,40)/t30-,31+/m0/s1. The zero-order chi connectivity index (χ0) is 29.8. The Morgan fingerprint density at radius 3 is 2.24 bits per heavy atom. The maximum atomic E-state index is 13.5. The first-order chi connectivity index (χ1) is 19.7. The van der Waals surface area contributed by atoms with Crippen LogP contribution in [0.4, 0.5) is 0 Å². The first kappa shape index (κ1) is 32.7. The Bertz CT molecular complexity index is 1290. The SMILES string of the molecule is CCCN(CCC)C(=O)c1cc(C)cc(C(=O)N[C@@H](Cc2cccc(CO)c2)[C@H](O)CNCc2cccc(I)c2)c1. The van der Waals surface area contributed by atoms with Gasteiger partial charge in [0.2, 0.25) is 0 Å². The summed E-state index contributed by atoms with van der Waals surface area (Å²) in [4.78, 5) is 28.6. The molecule has 2 amide bonds. The van der Waals surface area contributed by atoms with E-state index in [2.05, 4.69) is 39.3 Å². The largest absolute Gasteiger partial charge is 0.392 e. The molecule has 0 saturated heterocycles. The van der Waals surface area contributed by atoms with E-state index in [0.29, 0.717) is 37.2 Å². The van der Waals surface area contributed by atoms with Crippen molar-refractivity contribution in [3.05, 3.63) is 104 Å². The highest BCUT2D eigenvalue weighted by atomic mass is 127. The van der Waals surface area contributed by atoms with Crippen molar-refractivity contribution in [2.24, 2.45) is 0 Å². The number of nitrogens with zero attached hydrogens (tertiary/aromatic N) is 1. The number of halogens is 1. The predicted molar refractivity (Wildman–Crippen MR) is 172 cm³/mol. The zero-order valence-electron chi connectivity index (χ0n) is 24.2. The smallest absolute Gasteiger partial charge is 0.253 e. The van der Waals surface area contributed by atoms with Gasteiger partial charge in [-0.05, 0) is 101 Å². The van der Waals surface area contributed by atoms with Crippen LogP contribution in [0.15, 0.2) is 66.7 Å². The van der Waals surface area contributed by atoms with Gasteiger partial charge in [-0.25, -0.2) is 0 Å². The van der Waals surface area contributed by atoms with Crippen LogP contribution in [0.25, 0.3) is 0 Å². The van der Waals surface area contributed by atoms with Gasteiger partial charge in [0.15, 0.2) is 0 Å². The highest BCUT2D eigenvalue weighted by Crippen LogP contribution is 2.16. The molecule has 8 heteroatoms. The topological polar surface area (TPSA) is 102 Å². The predicted octanol–water partition coefficient (Wildman–Crippen LogP) is 4.85. The van der Waals surface area contributed by atoms with Gasteiger partial charge in [-0.2, -0.15) is 0 Å². The average Bonchev–Trinajstić information content (AvgIpc) is 2.96. The van der Waals surface area contributed by atoms with Crippen LogP contribution in [-0.2, 0) is 19.6 Å². The van der Waals surface area contributed by atoms with Gasteiger partial charge in [-0.3, -0.25) is 9.59 Å². The Morgan fingerprint density at radius 1 is 0.902 bits per heavy atom. The number of aliphatic hydroxyl groups is 2. The van der Waals surface area contributed by atoms with Crippen molar-refractivity contribution in [1.29, 1.82) is 0 Å². The molecule has 4 N–H and O–H groups in total. The van der Waals surface area contributed by atoms with Gasteiger partial charge in [-0.15, -0.1) is 0 Å². The minimum atomic E-state index is -0.880. The fraction of sp³-hybridized carbons (Fsp3) is 0.394. The summed E-state index contributed by atoms with van der Waals surface area (Å²) in [7, 11) is 0. The second-order valence-corrected chi connectivity index (χ2v) is 11.7. The number of carbonyl (C=O) groups excluding carboxylic acids is 2. The Kier molecular flexibility index (Phi) is 13.2. The third-order valence-corrected chi connectivity index (χ3v) is 7.51. The van der Waals surface area contributed by atoms with Crippen LogP contribution >= 0.6 is 22.6 Å². The number of benzene rings is 3. The number of aryl methyl sites for hydroxylation is 1. The first-order valence-corrected chi connectivity index (χ1v) is 15.4. The summed E-state index contributed by atoms with van der Waals surface area (Å²) in [5.74, 6) is -0.427.